The summed E-state index contributed by atoms with van der Waals surface area (Å²) in [5, 5.41) is 0.458. The van der Waals surface area contributed by atoms with Crippen LogP contribution < -0.4 is 10.4 Å². The third kappa shape index (κ3) is 1.58. The van der Waals surface area contributed by atoms with Crippen molar-refractivity contribution in [1.82, 2.24) is 0 Å². The van der Waals surface area contributed by atoms with E-state index in [-0.39, 0.29) is 16.5 Å². The molecule has 96 valence electrons. The Morgan fingerprint density at radius 1 is 1.16 bits per heavy atom. The number of methoxy groups -OCH3 is 1. The van der Waals surface area contributed by atoms with Gasteiger partial charge in [0.2, 0.25) is 5.82 Å². The molecule has 1 aromatic heterocycles. The molecule has 0 spiro atoms. The molecule has 0 unspecified atom stereocenters. The Morgan fingerprint density at radius 3 is 2.53 bits per heavy atom. The molecule has 3 aromatic rings. The Hall–Kier alpha value is -2.43. The summed E-state index contributed by atoms with van der Waals surface area (Å²) in [5.74, 6) is -1.89. The molecule has 2 aromatic carbocycles. The van der Waals surface area contributed by atoms with Gasteiger partial charge in [-0.05, 0) is 6.07 Å². The van der Waals surface area contributed by atoms with Crippen molar-refractivity contribution in [1.29, 1.82) is 0 Å². The Labute approximate surface area is 106 Å². The first-order valence-electron chi connectivity index (χ1n) is 5.51. The zero-order valence-electron chi connectivity index (χ0n) is 9.87. The van der Waals surface area contributed by atoms with E-state index in [1.165, 1.54) is 13.2 Å². The average Bonchev–Trinajstić information content (AvgIpc) is 2.42. The average molecular weight is 262 g/mol. The minimum atomic E-state index is -0.887. The summed E-state index contributed by atoms with van der Waals surface area (Å²) < 4.78 is 37.7. The molecule has 0 fully saturated rings. The lowest BCUT2D eigenvalue weighted by Crippen LogP contribution is -2.02. The van der Waals surface area contributed by atoms with Gasteiger partial charge in [0.15, 0.2) is 11.3 Å². The normalized spacial score (nSPS) is 11.1. The Bertz CT molecular complexity index is 853. The quantitative estimate of drug-likeness (QED) is 0.499. The van der Waals surface area contributed by atoms with E-state index in [4.69, 9.17) is 9.15 Å². The number of hydrogen-bond donors (Lipinski definition) is 0. The largest absolute Gasteiger partial charge is 0.493 e. The van der Waals surface area contributed by atoms with Gasteiger partial charge >= 0.3 is 5.63 Å². The maximum Gasteiger partial charge on any atom is 0.344 e. The van der Waals surface area contributed by atoms with E-state index >= 15 is 0 Å². The van der Waals surface area contributed by atoms with E-state index < -0.39 is 22.8 Å². The number of ether oxygens (including phenoxy) is 1. The number of hydrogen-bond acceptors (Lipinski definition) is 3. The summed E-state index contributed by atoms with van der Waals surface area (Å²) in [7, 11) is 1.21. The van der Waals surface area contributed by atoms with Crippen molar-refractivity contribution in [3.05, 3.63) is 52.4 Å². The zero-order chi connectivity index (χ0) is 13.6. The van der Waals surface area contributed by atoms with E-state index in [1.807, 2.05) is 0 Å². The molecule has 19 heavy (non-hydrogen) atoms. The number of halogens is 2. The third-order valence-corrected chi connectivity index (χ3v) is 2.97. The van der Waals surface area contributed by atoms with E-state index in [9.17, 15) is 13.6 Å². The highest BCUT2D eigenvalue weighted by Crippen LogP contribution is 2.32. The monoisotopic (exact) mass is 262 g/mol. The highest BCUT2D eigenvalue weighted by atomic mass is 19.1. The van der Waals surface area contributed by atoms with E-state index in [0.717, 1.165) is 6.07 Å². The van der Waals surface area contributed by atoms with Crippen LogP contribution in [0.2, 0.25) is 0 Å². The lowest BCUT2D eigenvalue weighted by Gasteiger charge is -2.07. The van der Waals surface area contributed by atoms with Crippen molar-refractivity contribution >= 4 is 21.7 Å². The Kier molecular flexibility index (Phi) is 2.48. The summed E-state index contributed by atoms with van der Waals surface area (Å²) in [4.78, 5) is 11.8. The SMILES string of the molecule is COc1cc(F)c2c(oc(=O)c3ccccc32)c1F. The number of fused-ring (bicyclic) bond motifs is 3. The van der Waals surface area contributed by atoms with Crippen molar-refractivity contribution < 1.29 is 17.9 Å². The molecule has 0 aliphatic carbocycles. The highest BCUT2D eigenvalue weighted by Gasteiger charge is 2.18. The van der Waals surface area contributed by atoms with Crippen molar-refractivity contribution in [2.75, 3.05) is 7.11 Å². The summed E-state index contributed by atoms with van der Waals surface area (Å²) in [6, 6.07) is 7.25. The second kappa shape index (κ2) is 4.05. The van der Waals surface area contributed by atoms with Crippen LogP contribution in [0.4, 0.5) is 8.78 Å². The van der Waals surface area contributed by atoms with Crippen LogP contribution in [0.3, 0.4) is 0 Å². The molecule has 0 aliphatic rings. The lowest BCUT2D eigenvalue weighted by atomic mass is 10.1. The lowest BCUT2D eigenvalue weighted by molar-refractivity contribution is 0.380. The molecule has 0 bridgehead atoms. The predicted molar refractivity (Wildman–Crippen MR) is 66.5 cm³/mol. The fourth-order valence-corrected chi connectivity index (χ4v) is 2.10. The van der Waals surface area contributed by atoms with Gasteiger partial charge in [0.05, 0.1) is 17.9 Å². The first kappa shape index (κ1) is 11.6. The van der Waals surface area contributed by atoms with Gasteiger partial charge in [-0.1, -0.05) is 18.2 Å². The van der Waals surface area contributed by atoms with Gasteiger partial charge < -0.3 is 9.15 Å². The number of benzene rings is 2. The van der Waals surface area contributed by atoms with Gasteiger partial charge in [0.25, 0.3) is 0 Å². The minimum absolute atomic E-state index is 0.0616. The summed E-state index contributed by atoms with van der Waals surface area (Å²) in [5.41, 5.74) is -1.14. The second-order valence-corrected chi connectivity index (χ2v) is 4.01. The summed E-state index contributed by atoms with van der Waals surface area (Å²) in [6.45, 7) is 0. The van der Waals surface area contributed by atoms with Gasteiger partial charge in [0.1, 0.15) is 5.82 Å². The minimum Gasteiger partial charge on any atom is -0.493 e. The van der Waals surface area contributed by atoms with Crippen LogP contribution >= 0.6 is 0 Å². The maximum absolute atomic E-state index is 14.1. The third-order valence-electron chi connectivity index (χ3n) is 2.97. The van der Waals surface area contributed by atoms with Gasteiger partial charge in [0, 0.05) is 11.5 Å². The van der Waals surface area contributed by atoms with Gasteiger partial charge in [-0.15, -0.1) is 0 Å². The Morgan fingerprint density at radius 2 is 1.84 bits per heavy atom. The van der Waals surface area contributed by atoms with Crippen molar-refractivity contribution in [3.63, 3.8) is 0 Å². The standard InChI is InChI=1S/C14H8F2O3/c1-18-10-6-9(15)11-7-4-2-3-5-8(7)14(17)19-13(11)12(10)16/h2-6H,1H3. The predicted octanol–water partition coefficient (Wildman–Crippen LogP) is 3.23. The first-order valence-corrected chi connectivity index (χ1v) is 5.51. The summed E-state index contributed by atoms with van der Waals surface area (Å²) >= 11 is 0. The second-order valence-electron chi connectivity index (χ2n) is 4.01. The van der Waals surface area contributed by atoms with Crippen LogP contribution in [0.25, 0.3) is 21.7 Å². The van der Waals surface area contributed by atoms with Crippen LogP contribution in [-0.2, 0) is 0 Å². The molecule has 0 saturated heterocycles. The first-order chi connectivity index (χ1) is 9.13. The van der Waals surface area contributed by atoms with Gasteiger partial charge in [-0.2, -0.15) is 4.39 Å². The maximum atomic E-state index is 14.1. The van der Waals surface area contributed by atoms with Crippen LogP contribution in [0.1, 0.15) is 0 Å². The highest BCUT2D eigenvalue weighted by molar-refractivity contribution is 6.05. The van der Waals surface area contributed by atoms with Crippen LogP contribution in [0, 0.1) is 11.6 Å². The molecule has 0 N–H and O–H groups in total. The van der Waals surface area contributed by atoms with Crippen molar-refractivity contribution in [3.8, 4) is 5.75 Å². The molecule has 5 heteroatoms. The molecule has 1 heterocycles. The van der Waals surface area contributed by atoms with E-state index in [1.54, 1.807) is 18.2 Å². The van der Waals surface area contributed by atoms with E-state index in [2.05, 4.69) is 0 Å². The van der Waals surface area contributed by atoms with Crippen molar-refractivity contribution in [2.45, 2.75) is 0 Å². The smallest absolute Gasteiger partial charge is 0.344 e. The number of rotatable bonds is 1. The van der Waals surface area contributed by atoms with Gasteiger partial charge in [-0.3, -0.25) is 0 Å². The molecule has 3 nitrogen and oxygen atoms in total. The van der Waals surface area contributed by atoms with Crippen molar-refractivity contribution in [2.24, 2.45) is 0 Å². The summed E-state index contributed by atoms with van der Waals surface area (Å²) in [6.07, 6.45) is 0. The molecule has 0 amide bonds. The molecule has 3 rings (SSSR count). The zero-order valence-corrected chi connectivity index (χ0v) is 9.87. The van der Waals surface area contributed by atoms with Crippen LogP contribution in [0.15, 0.2) is 39.5 Å². The molecular formula is C14H8F2O3. The van der Waals surface area contributed by atoms with Gasteiger partial charge in [-0.25, -0.2) is 9.18 Å². The van der Waals surface area contributed by atoms with Crippen LogP contribution in [-0.4, -0.2) is 7.11 Å². The molecule has 0 atom stereocenters. The molecule has 0 aliphatic heterocycles. The fourth-order valence-electron chi connectivity index (χ4n) is 2.10. The Balaban J connectivity index is 2.65. The molecular weight excluding hydrogens is 254 g/mol. The van der Waals surface area contributed by atoms with Crippen LogP contribution in [0.5, 0.6) is 5.75 Å². The fraction of sp³-hybridized carbons (Fsp3) is 0.0714. The topological polar surface area (TPSA) is 39.4 Å². The molecule has 0 saturated carbocycles. The molecule has 0 radical (unpaired) electrons. The van der Waals surface area contributed by atoms with E-state index in [0.29, 0.717) is 5.39 Å².